The summed E-state index contributed by atoms with van der Waals surface area (Å²) in [7, 11) is 1.68. The van der Waals surface area contributed by atoms with E-state index >= 15 is 0 Å². The number of para-hydroxylation sites is 1. The number of fused-ring (bicyclic) bond motifs is 3. The van der Waals surface area contributed by atoms with E-state index < -0.39 is 0 Å². The Labute approximate surface area is 160 Å². The Morgan fingerprint density at radius 1 is 1.11 bits per heavy atom. The van der Waals surface area contributed by atoms with E-state index in [0.717, 1.165) is 11.2 Å². The van der Waals surface area contributed by atoms with Gasteiger partial charge in [0.05, 0.1) is 29.6 Å². The van der Waals surface area contributed by atoms with E-state index in [2.05, 4.69) is 15.5 Å². The quantitative estimate of drug-likeness (QED) is 0.537. The molecular formula is C20H19N5O3. The number of nitrogens with one attached hydrogen (secondary N) is 1. The van der Waals surface area contributed by atoms with Gasteiger partial charge in [-0.15, -0.1) is 10.2 Å². The predicted molar refractivity (Wildman–Crippen MR) is 105 cm³/mol. The van der Waals surface area contributed by atoms with Crippen molar-refractivity contribution in [3.8, 4) is 0 Å². The van der Waals surface area contributed by atoms with E-state index in [9.17, 15) is 9.59 Å². The molecule has 0 unspecified atom stereocenters. The second-order valence-electron chi connectivity index (χ2n) is 6.28. The molecule has 0 fully saturated rings. The smallest absolute Gasteiger partial charge is 0.338 e. The molecule has 1 N–H and O–H groups in total. The van der Waals surface area contributed by atoms with Crippen molar-refractivity contribution in [2.75, 3.05) is 11.9 Å². The fraction of sp³-hybridized carbons (Fsp3) is 0.200. The zero-order valence-electron chi connectivity index (χ0n) is 15.5. The summed E-state index contributed by atoms with van der Waals surface area (Å²) in [5.74, 6) is 0.819. The highest BCUT2D eigenvalue weighted by Crippen LogP contribution is 2.16. The van der Waals surface area contributed by atoms with Gasteiger partial charge in [0, 0.05) is 12.7 Å². The number of aromatic nitrogens is 4. The van der Waals surface area contributed by atoms with Gasteiger partial charge in [-0.25, -0.2) is 4.79 Å². The average Bonchev–Trinajstić information content (AvgIpc) is 3.15. The lowest BCUT2D eigenvalue weighted by Gasteiger charge is -2.09. The molecular weight excluding hydrogens is 358 g/mol. The van der Waals surface area contributed by atoms with Crippen molar-refractivity contribution < 1.29 is 9.53 Å². The van der Waals surface area contributed by atoms with Crippen molar-refractivity contribution in [2.24, 2.45) is 7.05 Å². The van der Waals surface area contributed by atoms with Gasteiger partial charge in [0.2, 0.25) is 5.78 Å². The van der Waals surface area contributed by atoms with Gasteiger partial charge in [-0.2, -0.15) is 0 Å². The van der Waals surface area contributed by atoms with E-state index in [1.54, 1.807) is 32.2 Å². The Kier molecular flexibility index (Phi) is 4.52. The summed E-state index contributed by atoms with van der Waals surface area (Å²) in [5, 5.41) is 12.3. The van der Waals surface area contributed by atoms with E-state index in [-0.39, 0.29) is 11.5 Å². The molecule has 0 aliphatic carbocycles. The molecule has 0 spiro atoms. The minimum Gasteiger partial charge on any atom is -0.462 e. The van der Waals surface area contributed by atoms with E-state index in [4.69, 9.17) is 4.74 Å². The Balaban J connectivity index is 1.64. The van der Waals surface area contributed by atoms with Gasteiger partial charge in [0.15, 0.2) is 5.82 Å². The number of aryl methyl sites for hydroxylation is 1. The molecule has 0 radical (unpaired) electrons. The number of carbonyl (C=O) groups excluding carboxylic acids is 1. The third-order valence-corrected chi connectivity index (χ3v) is 4.54. The first-order chi connectivity index (χ1) is 13.6. The number of benzene rings is 2. The maximum Gasteiger partial charge on any atom is 0.338 e. The maximum absolute atomic E-state index is 12.5. The van der Waals surface area contributed by atoms with Crippen molar-refractivity contribution in [1.82, 2.24) is 19.2 Å². The number of anilines is 1. The van der Waals surface area contributed by atoms with Crippen molar-refractivity contribution >= 4 is 28.3 Å². The summed E-state index contributed by atoms with van der Waals surface area (Å²) >= 11 is 0. The second-order valence-corrected chi connectivity index (χ2v) is 6.28. The van der Waals surface area contributed by atoms with Crippen molar-refractivity contribution in [2.45, 2.75) is 13.5 Å². The topological polar surface area (TPSA) is 90.5 Å². The fourth-order valence-corrected chi connectivity index (χ4v) is 3.13. The highest BCUT2D eigenvalue weighted by molar-refractivity contribution is 5.89. The zero-order chi connectivity index (χ0) is 19.7. The molecule has 0 saturated carbocycles. The van der Waals surface area contributed by atoms with Crippen LogP contribution in [-0.4, -0.2) is 31.7 Å². The monoisotopic (exact) mass is 377 g/mol. The highest BCUT2D eigenvalue weighted by atomic mass is 16.5. The molecule has 0 atom stereocenters. The molecule has 0 saturated heterocycles. The molecule has 142 valence electrons. The van der Waals surface area contributed by atoms with E-state index in [1.807, 2.05) is 34.7 Å². The van der Waals surface area contributed by atoms with Gasteiger partial charge in [0.25, 0.3) is 5.56 Å². The standard InChI is InChI=1S/C20H19N5O3/c1-3-28-19(27)13-8-10-14(11-9-13)21-12-17-22-23-20-24(2)18(26)15-6-4-5-7-16(15)25(17)20/h4-11,21H,3,12H2,1-2H3. The first-order valence-corrected chi connectivity index (χ1v) is 8.93. The second kappa shape index (κ2) is 7.15. The largest absolute Gasteiger partial charge is 0.462 e. The molecule has 4 rings (SSSR count). The van der Waals surface area contributed by atoms with Crippen LogP contribution >= 0.6 is 0 Å². The number of carbonyl (C=O) groups is 1. The van der Waals surface area contributed by atoms with Gasteiger partial charge in [-0.05, 0) is 43.3 Å². The minimum absolute atomic E-state index is 0.107. The number of nitrogens with zero attached hydrogens (tertiary/aromatic N) is 4. The molecule has 0 bridgehead atoms. The van der Waals surface area contributed by atoms with Crippen molar-refractivity contribution in [1.29, 1.82) is 0 Å². The molecule has 2 heterocycles. The normalized spacial score (nSPS) is 11.1. The third-order valence-electron chi connectivity index (χ3n) is 4.54. The van der Waals surface area contributed by atoms with E-state index in [0.29, 0.717) is 35.7 Å². The van der Waals surface area contributed by atoms with Crippen LogP contribution in [0, 0.1) is 0 Å². The van der Waals surface area contributed by atoms with Gasteiger partial charge in [-0.3, -0.25) is 13.8 Å². The first-order valence-electron chi connectivity index (χ1n) is 8.93. The third kappa shape index (κ3) is 2.98. The van der Waals surface area contributed by atoms with Crippen molar-refractivity contribution in [3.63, 3.8) is 0 Å². The highest BCUT2D eigenvalue weighted by Gasteiger charge is 2.14. The lowest BCUT2D eigenvalue weighted by atomic mass is 10.2. The fourth-order valence-electron chi connectivity index (χ4n) is 3.13. The number of hydrogen-bond acceptors (Lipinski definition) is 6. The summed E-state index contributed by atoms with van der Waals surface area (Å²) in [4.78, 5) is 24.2. The summed E-state index contributed by atoms with van der Waals surface area (Å²) in [6, 6.07) is 14.4. The Morgan fingerprint density at radius 2 is 1.86 bits per heavy atom. The molecule has 2 aromatic carbocycles. The zero-order valence-corrected chi connectivity index (χ0v) is 15.5. The summed E-state index contributed by atoms with van der Waals surface area (Å²) in [5.41, 5.74) is 1.99. The minimum atomic E-state index is -0.343. The number of rotatable bonds is 5. The molecule has 8 nitrogen and oxygen atoms in total. The number of ether oxygens (including phenoxy) is 1. The van der Waals surface area contributed by atoms with Crippen LogP contribution < -0.4 is 10.9 Å². The molecule has 2 aromatic heterocycles. The molecule has 0 aliphatic heterocycles. The summed E-state index contributed by atoms with van der Waals surface area (Å²) in [6.45, 7) is 2.52. The van der Waals surface area contributed by atoms with Crippen LogP contribution in [-0.2, 0) is 18.3 Å². The summed E-state index contributed by atoms with van der Waals surface area (Å²) in [6.07, 6.45) is 0. The van der Waals surface area contributed by atoms with Crippen LogP contribution in [0.4, 0.5) is 5.69 Å². The lowest BCUT2D eigenvalue weighted by molar-refractivity contribution is 0.0526. The van der Waals surface area contributed by atoms with Gasteiger partial charge >= 0.3 is 5.97 Å². The molecule has 0 aliphatic rings. The number of hydrogen-bond donors (Lipinski definition) is 1. The van der Waals surface area contributed by atoms with Crippen LogP contribution in [0.1, 0.15) is 23.1 Å². The predicted octanol–water partition coefficient (Wildman–Crippen LogP) is 2.37. The van der Waals surface area contributed by atoms with Crippen molar-refractivity contribution in [3.05, 3.63) is 70.3 Å². The first kappa shape index (κ1) is 17.7. The summed E-state index contributed by atoms with van der Waals surface area (Å²) < 4.78 is 8.35. The van der Waals surface area contributed by atoms with Gasteiger partial charge in [-0.1, -0.05) is 12.1 Å². The van der Waals surface area contributed by atoms with Crippen LogP contribution in [0.3, 0.4) is 0 Å². The molecule has 28 heavy (non-hydrogen) atoms. The Hall–Kier alpha value is -3.68. The van der Waals surface area contributed by atoms with E-state index in [1.165, 1.54) is 4.57 Å². The van der Waals surface area contributed by atoms with Gasteiger partial charge in [0.1, 0.15) is 0 Å². The average molecular weight is 377 g/mol. The number of esters is 1. The SMILES string of the molecule is CCOC(=O)c1ccc(NCc2nnc3n(C)c(=O)c4ccccc4n23)cc1. The molecule has 4 aromatic rings. The van der Waals surface area contributed by atoms with Crippen LogP contribution in [0.25, 0.3) is 16.7 Å². The van der Waals surface area contributed by atoms with Gasteiger partial charge < -0.3 is 10.1 Å². The van der Waals surface area contributed by atoms with Crippen LogP contribution in [0.15, 0.2) is 53.3 Å². The molecule has 0 amide bonds. The van der Waals surface area contributed by atoms with Crippen LogP contribution in [0.2, 0.25) is 0 Å². The Bertz CT molecular complexity index is 1220. The molecule has 8 heteroatoms. The Morgan fingerprint density at radius 3 is 2.61 bits per heavy atom. The maximum atomic E-state index is 12.5. The lowest BCUT2D eigenvalue weighted by Crippen LogP contribution is -2.20. The van der Waals surface area contributed by atoms with Crippen LogP contribution in [0.5, 0.6) is 0 Å².